The minimum Gasteiger partial charge on any atom is -0.335 e. The Kier molecular flexibility index (Phi) is 4.53. The van der Waals surface area contributed by atoms with Crippen LogP contribution in [0.3, 0.4) is 0 Å². The van der Waals surface area contributed by atoms with Gasteiger partial charge in [0.05, 0.1) is 6.42 Å². The molecule has 0 radical (unpaired) electrons. The summed E-state index contributed by atoms with van der Waals surface area (Å²) in [7, 11) is 0. The van der Waals surface area contributed by atoms with E-state index >= 15 is 0 Å². The fourth-order valence-electron chi connectivity index (χ4n) is 2.10. The maximum Gasteiger partial charge on any atom is 0.170 e. The number of ketones is 1. The van der Waals surface area contributed by atoms with Gasteiger partial charge in [-0.3, -0.25) is 4.79 Å². The van der Waals surface area contributed by atoms with Gasteiger partial charge in [-0.2, -0.15) is 0 Å². The summed E-state index contributed by atoms with van der Waals surface area (Å²) in [5.41, 5.74) is 1.75. The molecule has 0 atom stereocenters. The Hall–Kier alpha value is -1.42. The standard InChI is InChI=1S/C15H17BrN2O/c1-3-8-18-9-7-17-15(18)10-14(19)12-5-4-6-13(16)11(12)2/h4-7,9H,3,8,10H2,1-2H3. The normalized spacial score (nSPS) is 10.7. The highest BCUT2D eigenvalue weighted by Gasteiger charge is 2.14. The maximum absolute atomic E-state index is 12.4. The molecule has 0 saturated carbocycles. The number of Topliss-reactive ketones (excluding diaryl/α,β-unsaturated/α-hetero) is 1. The Morgan fingerprint density at radius 1 is 1.42 bits per heavy atom. The summed E-state index contributed by atoms with van der Waals surface area (Å²) >= 11 is 3.46. The number of aryl methyl sites for hydroxylation is 1. The number of nitrogens with zero attached hydrogens (tertiary/aromatic N) is 2. The molecule has 0 N–H and O–H groups in total. The molecule has 0 unspecified atom stereocenters. The van der Waals surface area contributed by atoms with Gasteiger partial charge < -0.3 is 4.57 Å². The molecular weight excluding hydrogens is 304 g/mol. The van der Waals surface area contributed by atoms with Crippen LogP contribution < -0.4 is 0 Å². The molecule has 0 saturated heterocycles. The van der Waals surface area contributed by atoms with Gasteiger partial charge in [0.2, 0.25) is 0 Å². The first-order valence-corrected chi connectivity index (χ1v) is 7.21. The lowest BCUT2D eigenvalue weighted by Gasteiger charge is -2.08. The molecule has 0 fully saturated rings. The molecule has 3 nitrogen and oxygen atoms in total. The van der Waals surface area contributed by atoms with Gasteiger partial charge in [0, 0.05) is 29.0 Å². The smallest absolute Gasteiger partial charge is 0.170 e. The number of hydrogen-bond acceptors (Lipinski definition) is 2. The molecule has 0 amide bonds. The van der Waals surface area contributed by atoms with Crippen molar-refractivity contribution in [1.29, 1.82) is 0 Å². The Morgan fingerprint density at radius 2 is 2.21 bits per heavy atom. The summed E-state index contributed by atoms with van der Waals surface area (Å²) in [6, 6.07) is 5.71. The number of carbonyl (C=O) groups is 1. The predicted molar refractivity (Wildman–Crippen MR) is 79.4 cm³/mol. The third-order valence-electron chi connectivity index (χ3n) is 3.15. The number of hydrogen-bond donors (Lipinski definition) is 0. The molecule has 1 aromatic heterocycles. The van der Waals surface area contributed by atoms with Gasteiger partial charge in [0.15, 0.2) is 5.78 Å². The summed E-state index contributed by atoms with van der Waals surface area (Å²) in [6.07, 6.45) is 5.07. The van der Waals surface area contributed by atoms with Crippen molar-refractivity contribution in [2.24, 2.45) is 0 Å². The molecule has 0 spiro atoms. The fourth-order valence-corrected chi connectivity index (χ4v) is 2.47. The first-order valence-electron chi connectivity index (χ1n) is 6.41. The number of halogens is 1. The Labute approximate surface area is 121 Å². The molecule has 0 aliphatic carbocycles. The van der Waals surface area contributed by atoms with E-state index in [1.165, 1.54) is 0 Å². The lowest BCUT2D eigenvalue weighted by atomic mass is 10.0. The highest BCUT2D eigenvalue weighted by molar-refractivity contribution is 9.10. The number of carbonyl (C=O) groups excluding carboxylic acids is 1. The van der Waals surface area contributed by atoms with Gasteiger partial charge in [0.1, 0.15) is 5.82 Å². The number of aromatic nitrogens is 2. The third kappa shape index (κ3) is 3.13. The molecule has 0 aliphatic heterocycles. The van der Waals surface area contributed by atoms with Crippen molar-refractivity contribution in [3.8, 4) is 0 Å². The minimum atomic E-state index is 0.113. The summed E-state index contributed by atoms with van der Waals surface area (Å²) in [4.78, 5) is 16.7. The van der Waals surface area contributed by atoms with Crippen LogP contribution in [0.15, 0.2) is 35.1 Å². The molecule has 19 heavy (non-hydrogen) atoms. The highest BCUT2D eigenvalue weighted by Crippen LogP contribution is 2.20. The van der Waals surface area contributed by atoms with Gasteiger partial charge in [-0.1, -0.05) is 35.0 Å². The van der Waals surface area contributed by atoms with Crippen LogP contribution in [0.4, 0.5) is 0 Å². The van der Waals surface area contributed by atoms with E-state index in [4.69, 9.17) is 0 Å². The van der Waals surface area contributed by atoms with Crippen LogP contribution >= 0.6 is 15.9 Å². The van der Waals surface area contributed by atoms with Gasteiger partial charge in [-0.25, -0.2) is 4.98 Å². The largest absolute Gasteiger partial charge is 0.335 e. The lowest BCUT2D eigenvalue weighted by molar-refractivity contribution is 0.0989. The van der Waals surface area contributed by atoms with Gasteiger partial charge in [-0.05, 0) is 25.0 Å². The zero-order valence-corrected chi connectivity index (χ0v) is 12.8. The maximum atomic E-state index is 12.4. The van der Waals surface area contributed by atoms with Gasteiger partial charge >= 0.3 is 0 Å². The molecule has 1 aromatic carbocycles. The van der Waals surface area contributed by atoms with E-state index in [1.807, 2.05) is 35.9 Å². The van der Waals surface area contributed by atoms with Crippen molar-refractivity contribution in [3.63, 3.8) is 0 Å². The Morgan fingerprint density at radius 3 is 2.95 bits per heavy atom. The van der Waals surface area contributed by atoms with Crippen molar-refractivity contribution in [2.75, 3.05) is 0 Å². The van der Waals surface area contributed by atoms with E-state index in [2.05, 4.69) is 27.8 Å². The van der Waals surface area contributed by atoms with Gasteiger partial charge in [0.25, 0.3) is 0 Å². The SMILES string of the molecule is CCCn1ccnc1CC(=O)c1cccc(Br)c1C. The van der Waals surface area contributed by atoms with Crippen molar-refractivity contribution in [2.45, 2.75) is 33.2 Å². The minimum absolute atomic E-state index is 0.113. The van der Waals surface area contributed by atoms with E-state index < -0.39 is 0 Å². The molecule has 0 aliphatic rings. The summed E-state index contributed by atoms with van der Waals surface area (Å²) in [5, 5.41) is 0. The molecule has 100 valence electrons. The van der Waals surface area contributed by atoms with Gasteiger partial charge in [-0.15, -0.1) is 0 Å². The molecule has 1 heterocycles. The van der Waals surface area contributed by atoms with E-state index in [9.17, 15) is 4.79 Å². The quantitative estimate of drug-likeness (QED) is 0.785. The predicted octanol–water partition coefficient (Wildman–Crippen LogP) is 3.79. The van der Waals surface area contributed by atoms with Crippen LogP contribution in [-0.4, -0.2) is 15.3 Å². The van der Waals surface area contributed by atoms with Crippen LogP contribution in [0.2, 0.25) is 0 Å². The molecule has 2 aromatic rings. The van der Waals surface area contributed by atoms with E-state index in [0.29, 0.717) is 6.42 Å². The molecule has 0 bridgehead atoms. The third-order valence-corrected chi connectivity index (χ3v) is 4.01. The number of benzene rings is 1. The zero-order chi connectivity index (χ0) is 13.8. The van der Waals surface area contributed by atoms with Crippen molar-refractivity contribution >= 4 is 21.7 Å². The second-order valence-corrected chi connectivity index (χ2v) is 5.40. The Bertz CT molecular complexity index is 590. The topological polar surface area (TPSA) is 34.9 Å². The van der Waals surface area contributed by atoms with Crippen LogP contribution in [0.5, 0.6) is 0 Å². The Balaban J connectivity index is 2.21. The average molecular weight is 321 g/mol. The van der Waals surface area contributed by atoms with Crippen LogP contribution in [-0.2, 0) is 13.0 Å². The van der Waals surface area contributed by atoms with Crippen molar-refractivity contribution < 1.29 is 4.79 Å². The monoisotopic (exact) mass is 320 g/mol. The van der Waals surface area contributed by atoms with Crippen molar-refractivity contribution in [3.05, 3.63) is 52.0 Å². The molecular formula is C15H17BrN2O. The zero-order valence-electron chi connectivity index (χ0n) is 11.2. The summed E-state index contributed by atoms with van der Waals surface area (Å²) in [6.45, 7) is 4.97. The van der Waals surface area contributed by atoms with E-state index in [-0.39, 0.29) is 5.78 Å². The van der Waals surface area contributed by atoms with E-state index in [0.717, 1.165) is 34.4 Å². The molecule has 2 rings (SSSR count). The number of rotatable bonds is 5. The van der Waals surface area contributed by atoms with Crippen LogP contribution in [0.25, 0.3) is 0 Å². The van der Waals surface area contributed by atoms with E-state index in [1.54, 1.807) is 6.20 Å². The van der Waals surface area contributed by atoms with Crippen LogP contribution in [0, 0.1) is 6.92 Å². The second-order valence-electron chi connectivity index (χ2n) is 4.55. The first kappa shape index (κ1) is 14.0. The fraction of sp³-hybridized carbons (Fsp3) is 0.333. The average Bonchev–Trinajstić information content (AvgIpc) is 2.80. The van der Waals surface area contributed by atoms with Crippen molar-refractivity contribution in [1.82, 2.24) is 9.55 Å². The summed E-state index contributed by atoms with van der Waals surface area (Å²) in [5.74, 6) is 0.952. The number of imidazole rings is 1. The van der Waals surface area contributed by atoms with Crippen LogP contribution in [0.1, 0.15) is 35.1 Å². The molecule has 4 heteroatoms. The first-order chi connectivity index (χ1) is 9.13. The lowest BCUT2D eigenvalue weighted by Crippen LogP contribution is -2.11. The summed E-state index contributed by atoms with van der Waals surface area (Å²) < 4.78 is 3.01. The second kappa shape index (κ2) is 6.15. The highest BCUT2D eigenvalue weighted by atomic mass is 79.9.